The summed E-state index contributed by atoms with van der Waals surface area (Å²) in [5.74, 6) is 0.104. The Hall–Kier alpha value is -0.860. The van der Waals surface area contributed by atoms with Crippen molar-refractivity contribution in [3.63, 3.8) is 0 Å². The van der Waals surface area contributed by atoms with Crippen LogP contribution in [0.15, 0.2) is 0 Å². The number of rotatable bonds is 1. The third-order valence-electron chi connectivity index (χ3n) is 2.76. The Bertz CT molecular complexity index is 205. The first-order valence-corrected chi connectivity index (χ1v) is 4.64. The van der Waals surface area contributed by atoms with Gasteiger partial charge in [-0.05, 0) is 25.7 Å². The van der Waals surface area contributed by atoms with Gasteiger partial charge in [-0.25, -0.2) is 0 Å². The van der Waals surface area contributed by atoms with Gasteiger partial charge in [0.2, 0.25) is 11.8 Å². The number of likely N-dealkylation sites (tertiary alicyclic amines) is 1. The number of carbonyl (C=O) groups excluding carboxylic acids is 2. The zero-order valence-corrected chi connectivity index (χ0v) is 7.08. The molecule has 1 aliphatic heterocycles. The third kappa shape index (κ3) is 1.13. The minimum absolute atomic E-state index is 0.0518. The molecule has 2 fully saturated rings. The van der Waals surface area contributed by atoms with Gasteiger partial charge in [-0.15, -0.1) is 0 Å². The molecular formula is C9H13NO2. The molecule has 0 atom stereocenters. The number of imide groups is 1. The smallest absolute Gasteiger partial charge is 0.229 e. The van der Waals surface area contributed by atoms with Crippen LogP contribution in [0.2, 0.25) is 0 Å². The summed E-state index contributed by atoms with van der Waals surface area (Å²) in [6, 6.07) is 0.255. The highest BCUT2D eigenvalue weighted by Crippen LogP contribution is 2.28. The SMILES string of the molecule is O=C1CCCC(=O)N1C1CCC1. The summed E-state index contributed by atoms with van der Waals surface area (Å²) in [6.45, 7) is 0. The number of hydrogen-bond acceptors (Lipinski definition) is 2. The Morgan fingerprint density at radius 3 is 2.00 bits per heavy atom. The van der Waals surface area contributed by atoms with Crippen LogP contribution in [0.5, 0.6) is 0 Å². The minimum atomic E-state index is 0.0518. The maximum Gasteiger partial charge on any atom is 0.229 e. The first-order chi connectivity index (χ1) is 5.79. The van der Waals surface area contributed by atoms with E-state index in [0.29, 0.717) is 12.8 Å². The van der Waals surface area contributed by atoms with E-state index in [1.807, 2.05) is 0 Å². The van der Waals surface area contributed by atoms with Gasteiger partial charge in [0, 0.05) is 18.9 Å². The second kappa shape index (κ2) is 2.88. The molecule has 0 unspecified atom stereocenters. The van der Waals surface area contributed by atoms with Gasteiger partial charge in [-0.1, -0.05) is 0 Å². The molecule has 0 N–H and O–H groups in total. The van der Waals surface area contributed by atoms with E-state index in [1.54, 1.807) is 0 Å². The lowest BCUT2D eigenvalue weighted by atomic mass is 9.89. The molecule has 0 aromatic rings. The Balaban J connectivity index is 2.07. The van der Waals surface area contributed by atoms with E-state index in [-0.39, 0.29) is 17.9 Å². The monoisotopic (exact) mass is 167 g/mol. The average molecular weight is 167 g/mol. The van der Waals surface area contributed by atoms with E-state index in [1.165, 1.54) is 11.3 Å². The van der Waals surface area contributed by atoms with Gasteiger partial charge >= 0.3 is 0 Å². The fraction of sp³-hybridized carbons (Fsp3) is 0.778. The van der Waals surface area contributed by atoms with E-state index in [4.69, 9.17) is 0 Å². The maximum absolute atomic E-state index is 11.3. The van der Waals surface area contributed by atoms with Crippen LogP contribution in [0.4, 0.5) is 0 Å². The first kappa shape index (κ1) is 7.77. The van der Waals surface area contributed by atoms with Crippen molar-refractivity contribution >= 4 is 11.8 Å². The lowest BCUT2D eigenvalue weighted by Gasteiger charge is -2.37. The van der Waals surface area contributed by atoms with E-state index in [2.05, 4.69) is 0 Å². The lowest BCUT2D eigenvalue weighted by molar-refractivity contribution is -0.152. The van der Waals surface area contributed by atoms with Crippen molar-refractivity contribution in [2.24, 2.45) is 0 Å². The molecule has 0 radical (unpaired) electrons. The molecule has 1 saturated heterocycles. The van der Waals surface area contributed by atoms with Crippen LogP contribution >= 0.6 is 0 Å². The van der Waals surface area contributed by atoms with Crippen molar-refractivity contribution in [2.75, 3.05) is 0 Å². The molecule has 0 aromatic heterocycles. The van der Waals surface area contributed by atoms with Crippen molar-refractivity contribution in [3.8, 4) is 0 Å². The second-order valence-corrected chi connectivity index (χ2v) is 3.60. The maximum atomic E-state index is 11.3. The standard InChI is InChI=1S/C9H13NO2/c11-8-5-2-6-9(12)10(8)7-3-1-4-7/h7H,1-6H2. The number of carbonyl (C=O) groups is 2. The third-order valence-corrected chi connectivity index (χ3v) is 2.76. The number of nitrogens with zero attached hydrogens (tertiary/aromatic N) is 1. The largest absolute Gasteiger partial charge is 0.280 e. The summed E-state index contributed by atoms with van der Waals surface area (Å²) in [4.78, 5) is 24.2. The molecule has 2 amide bonds. The number of hydrogen-bond donors (Lipinski definition) is 0. The first-order valence-electron chi connectivity index (χ1n) is 4.64. The molecule has 0 spiro atoms. The predicted octanol–water partition coefficient (Wildman–Crippen LogP) is 1.08. The fourth-order valence-electron chi connectivity index (χ4n) is 1.82. The van der Waals surface area contributed by atoms with Crippen molar-refractivity contribution in [2.45, 2.75) is 44.6 Å². The zero-order valence-electron chi connectivity index (χ0n) is 7.08. The molecule has 66 valence electrons. The summed E-state index contributed by atoms with van der Waals surface area (Å²) in [5, 5.41) is 0. The van der Waals surface area contributed by atoms with E-state index >= 15 is 0 Å². The molecule has 1 saturated carbocycles. The van der Waals surface area contributed by atoms with Crippen molar-refractivity contribution in [1.82, 2.24) is 4.90 Å². The summed E-state index contributed by atoms with van der Waals surface area (Å²) in [7, 11) is 0. The molecule has 0 aromatic carbocycles. The van der Waals surface area contributed by atoms with Gasteiger partial charge in [0.1, 0.15) is 0 Å². The van der Waals surface area contributed by atoms with Crippen LogP contribution in [-0.4, -0.2) is 22.8 Å². The topological polar surface area (TPSA) is 37.4 Å². The molecule has 2 rings (SSSR count). The van der Waals surface area contributed by atoms with Gasteiger partial charge in [0.15, 0.2) is 0 Å². The summed E-state index contributed by atoms with van der Waals surface area (Å²) in [5.41, 5.74) is 0. The van der Waals surface area contributed by atoms with Crippen LogP contribution < -0.4 is 0 Å². The van der Waals surface area contributed by atoms with Crippen LogP contribution in [0, 0.1) is 0 Å². The van der Waals surface area contributed by atoms with Gasteiger partial charge in [0.25, 0.3) is 0 Å². The van der Waals surface area contributed by atoms with Crippen molar-refractivity contribution in [1.29, 1.82) is 0 Å². The van der Waals surface area contributed by atoms with Gasteiger partial charge in [-0.2, -0.15) is 0 Å². The van der Waals surface area contributed by atoms with Gasteiger partial charge in [0.05, 0.1) is 0 Å². The molecule has 3 heteroatoms. The zero-order chi connectivity index (χ0) is 8.55. The number of amides is 2. The lowest BCUT2D eigenvalue weighted by Crippen LogP contribution is -2.49. The summed E-state index contributed by atoms with van der Waals surface area (Å²) < 4.78 is 0. The Morgan fingerprint density at radius 2 is 1.58 bits per heavy atom. The van der Waals surface area contributed by atoms with Crippen LogP contribution in [-0.2, 0) is 9.59 Å². The van der Waals surface area contributed by atoms with Crippen LogP contribution in [0.25, 0.3) is 0 Å². The Kier molecular flexibility index (Phi) is 1.87. The average Bonchev–Trinajstić information content (AvgIpc) is 1.93. The molecular weight excluding hydrogens is 154 g/mol. The molecule has 2 aliphatic rings. The van der Waals surface area contributed by atoms with E-state index < -0.39 is 0 Å². The molecule has 0 bridgehead atoms. The quantitative estimate of drug-likeness (QED) is 0.548. The summed E-state index contributed by atoms with van der Waals surface area (Å²) >= 11 is 0. The molecule has 3 nitrogen and oxygen atoms in total. The predicted molar refractivity (Wildman–Crippen MR) is 43.3 cm³/mol. The molecule has 12 heavy (non-hydrogen) atoms. The fourth-order valence-corrected chi connectivity index (χ4v) is 1.82. The highest BCUT2D eigenvalue weighted by molar-refractivity contribution is 5.97. The summed E-state index contributed by atoms with van der Waals surface area (Å²) in [6.07, 6.45) is 5.11. The van der Waals surface area contributed by atoms with Gasteiger partial charge < -0.3 is 0 Å². The van der Waals surface area contributed by atoms with E-state index in [9.17, 15) is 9.59 Å². The van der Waals surface area contributed by atoms with Gasteiger partial charge in [-0.3, -0.25) is 14.5 Å². The minimum Gasteiger partial charge on any atom is -0.280 e. The Labute approximate surface area is 71.7 Å². The van der Waals surface area contributed by atoms with Crippen LogP contribution in [0.1, 0.15) is 38.5 Å². The van der Waals surface area contributed by atoms with E-state index in [0.717, 1.165) is 19.3 Å². The normalized spacial score (nSPS) is 25.8. The highest BCUT2D eigenvalue weighted by atomic mass is 16.2. The Morgan fingerprint density at radius 1 is 1.00 bits per heavy atom. The van der Waals surface area contributed by atoms with Crippen molar-refractivity contribution < 1.29 is 9.59 Å². The second-order valence-electron chi connectivity index (χ2n) is 3.60. The van der Waals surface area contributed by atoms with Crippen molar-refractivity contribution in [3.05, 3.63) is 0 Å². The van der Waals surface area contributed by atoms with Crippen LogP contribution in [0.3, 0.4) is 0 Å². The number of piperidine rings is 1. The molecule has 1 aliphatic carbocycles. The highest BCUT2D eigenvalue weighted by Gasteiger charge is 2.35. The molecule has 1 heterocycles.